The Morgan fingerprint density at radius 2 is 1.56 bits per heavy atom. The fourth-order valence-electron chi connectivity index (χ4n) is 1.08. The first-order chi connectivity index (χ1) is 8.60. The topological polar surface area (TPSA) is 113 Å². The summed E-state index contributed by atoms with van der Waals surface area (Å²) >= 11 is 0. The van der Waals surface area contributed by atoms with Crippen molar-refractivity contribution in [3.63, 3.8) is 0 Å². The molecule has 0 aliphatic rings. The molecule has 0 aromatic rings. The van der Waals surface area contributed by atoms with Crippen LogP contribution in [0.25, 0.3) is 0 Å². The molecule has 0 aliphatic carbocycles. The molecule has 106 valence electrons. The molecule has 0 rings (SSSR count). The quantitative estimate of drug-likeness (QED) is 0.342. The molecule has 7 heteroatoms. The number of carbonyl (C=O) groups excluding carboxylic acids is 2. The van der Waals surface area contributed by atoms with E-state index >= 15 is 0 Å². The smallest absolute Gasteiger partial charge is 0.305 e. The van der Waals surface area contributed by atoms with Gasteiger partial charge in [0.25, 0.3) is 0 Å². The summed E-state index contributed by atoms with van der Waals surface area (Å²) in [6.07, 6.45) is 0.240. The molecule has 0 spiro atoms. The van der Waals surface area contributed by atoms with Crippen LogP contribution in [-0.2, 0) is 19.1 Å². The van der Waals surface area contributed by atoms with Gasteiger partial charge in [0.1, 0.15) is 19.3 Å². The number of unbranched alkanes of at least 4 members (excludes halogenated alkanes) is 1. The lowest BCUT2D eigenvalue weighted by Crippen LogP contribution is -2.21. The van der Waals surface area contributed by atoms with Gasteiger partial charge >= 0.3 is 11.9 Å². The molecule has 0 radical (unpaired) electrons. The number of aliphatic hydroxyl groups excluding tert-OH is 3. The van der Waals surface area contributed by atoms with Crippen LogP contribution in [0.5, 0.6) is 0 Å². The zero-order valence-corrected chi connectivity index (χ0v) is 10.2. The summed E-state index contributed by atoms with van der Waals surface area (Å²) in [5.41, 5.74) is 0. The SMILES string of the molecule is O=C(CCCCC(=O)OCC(O)CO)OCCO. The molecule has 0 saturated heterocycles. The molecular weight excluding hydrogens is 244 g/mol. The van der Waals surface area contributed by atoms with E-state index in [1.165, 1.54) is 0 Å². The van der Waals surface area contributed by atoms with Crippen molar-refractivity contribution in [2.24, 2.45) is 0 Å². The zero-order valence-electron chi connectivity index (χ0n) is 10.2. The maximum atomic E-state index is 11.1. The highest BCUT2D eigenvalue weighted by molar-refractivity contribution is 5.70. The number of ether oxygens (including phenoxy) is 2. The fourth-order valence-corrected chi connectivity index (χ4v) is 1.08. The van der Waals surface area contributed by atoms with E-state index in [4.69, 9.17) is 15.3 Å². The van der Waals surface area contributed by atoms with Gasteiger partial charge < -0.3 is 24.8 Å². The van der Waals surface area contributed by atoms with Gasteiger partial charge in [0, 0.05) is 12.8 Å². The molecule has 18 heavy (non-hydrogen) atoms. The monoisotopic (exact) mass is 264 g/mol. The molecule has 0 aromatic carbocycles. The number of hydrogen-bond acceptors (Lipinski definition) is 7. The first kappa shape index (κ1) is 16.8. The standard InChI is InChI=1S/C11H20O7/c12-5-6-17-10(15)3-1-2-4-11(16)18-8-9(14)7-13/h9,12-14H,1-8H2. The lowest BCUT2D eigenvalue weighted by molar-refractivity contribution is -0.148. The van der Waals surface area contributed by atoms with Gasteiger partial charge in [-0.25, -0.2) is 0 Å². The number of hydrogen-bond donors (Lipinski definition) is 3. The summed E-state index contributed by atoms with van der Waals surface area (Å²) in [6, 6.07) is 0. The van der Waals surface area contributed by atoms with E-state index in [1.54, 1.807) is 0 Å². The second-order valence-electron chi connectivity index (χ2n) is 3.67. The Hall–Kier alpha value is -1.18. The average molecular weight is 264 g/mol. The van der Waals surface area contributed by atoms with Gasteiger partial charge in [0.2, 0.25) is 0 Å². The third kappa shape index (κ3) is 10.0. The van der Waals surface area contributed by atoms with Crippen LogP contribution in [0, 0.1) is 0 Å². The highest BCUT2D eigenvalue weighted by Crippen LogP contribution is 2.03. The van der Waals surface area contributed by atoms with E-state index in [0.717, 1.165) is 0 Å². The van der Waals surface area contributed by atoms with Crippen molar-refractivity contribution in [3.8, 4) is 0 Å². The van der Waals surface area contributed by atoms with Gasteiger partial charge in [-0.05, 0) is 12.8 Å². The van der Waals surface area contributed by atoms with E-state index in [2.05, 4.69) is 9.47 Å². The molecule has 0 amide bonds. The van der Waals surface area contributed by atoms with Crippen LogP contribution in [0.1, 0.15) is 25.7 Å². The molecule has 3 N–H and O–H groups in total. The lowest BCUT2D eigenvalue weighted by atomic mass is 10.2. The molecule has 7 nitrogen and oxygen atoms in total. The molecule has 1 atom stereocenters. The van der Waals surface area contributed by atoms with E-state index < -0.39 is 24.6 Å². The third-order valence-electron chi connectivity index (χ3n) is 2.01. The largest absolute Gasteiger partial charge is 0.463 e. The van der Waals surface area contributed by atoms with Crippen LogP contribution in [0.4, 0.5) is 0 Å². The van der Waals surface area contributed by atoms with Crippen LogP contribution in [0.3, 0.4) is 0 Å². The Balaban J connectivity index is 3.42. The summed E-state index contributed by atoms with van der Waals surface area (Å²) in [5.74, 6) is -0.889. The Kier molecular flexibility index (Phi) is 10.2. The second kappa shape index (κ2) is 10.9. The summed E-state index contributed by atoms with van der Waals surface area (Å²) in [5, 5.41) is 25.8. The molecule has 0 saturated carbocycles. The van der Waals surface area contributed by atoms with Crippen molar-refractivity contribution in [2.75, 3.05) is 26.4 Å². The number of carbonyl (C=O) groups is 2. The van der Waals surface area contributed by atoms with E-state index in [1.807, 2.05) is 0 Å². The number of rotatable bonds is 10. The number of esters is 2. The molecule has 0 aliphatic heterocycles. The minimum absolute atomic E-state index is 0.0140. The highest BCUT2D eigenvalue weighted by atomic mass is 16.5. The summed E-state index contributed by atoms with van der Waals surface area (Å²) in [4.78, 5) is 22.1. The predicted octanol–water partition coefficient (Wildman–Crippen LogP) is -1.02. The van der Waals surface area contributed by atoms with Gasteiger partial charge in [-0.3, -0.25) is 9.59 Å². The predicted molar refractivity (Wildman–Crippen MR) is 60.6 cm³/mol. The Morgan fingerprint density at radius 1 is 1.00 bits per heavy atom. The van der Waals surface area contributed by atoms with E-state index in [-0.39, 0.29) is 32.7 Å². The molecule has 0 fully saturated rings. The second-order valence-corrected chi connectivity index (χ2v) is 3.67. The summed E-state index contributed by atoms with van der Waals surface area (Å²) in [6.45, 7) is -0.900. The first-order valence-corrected chi connectivity index (χ1v) is 5.81. The maximum absolute atomic E-state index is 11.1. The maximum Gasteiger partial charge on any atom is 0.305 e. The highest BCUT2D eigenvalue weighted by Gasteiger charge is 2.08. The van der Waals surface area contributed by atoms with Crippen molar-refractivity contribution < 1.29 is 34.4 Å². The average Bonchev–Trinajstić information content (AvgIpc) is 2.38. The summed E-state index contributed by atoms with van der Waals surface area (Å²) in [7, 11) is 0. The van der Waals surface area contributed by atoms with Crippen molar-refractivity contribution >= 4 is 11.9 Å². The van der Waals surface area contributed by atoms with Gasteiger partial charge in [-0.2, -0.15) is 0 Å². The first-order valence-electron chi connectivity index (χ1n) is 5.81. The van der Waals surface area contributed by atoms with Crippen LogP contribution in [0.15, 0.2) is 0 Å². The van der Waals surface area contributed by atoms with Crippen molar-refractivity contribution in [2.45, 2.75) is 31.8 Å². The van der Waals surface area contributed by atoms with E-state index in [9.17, 15) is 9.59 Å². The molecule has 0 bridgehead atoms. The molecule has 0 aromatic heterocycles. The zero-order chi connectivity index (χ0) is 13.8. The van der Waals surface area contributed by atoms with Crippen LogP contribution < -0.4 is 0 Å². The Bertz CT molecular complexity index is 242. The third-order valence-corrected chi connectivity index (χ3v) is 2.01. The Morgan fingerprint density at radius 3 is 2.06 bits per heavy atom. The number of aliphatic hydroxyl groups is 3. The minimum atomic E-state index is -1.05. The van der Waals surface area contributed by atoms with Crippen molar-refractivity contribution in [3.05, 3.63) is 0 Å². The van der Waals surface area contributed by atoms with Crippen LogP contribution in [0.2, 0.25) is 0 Å². The minimum Gasteiger partial charge on any atom is -0.463 e. The summed E-state index contributed by atoms with van der Waals surface area (Å²) < 4.78 is 9.29. The van der Waals surface area contributed by atoms with Crippen LogP contribution in [-0.4, -0.2) is 59.8 Å². The molecule has 0 heterocycles. The normalized spacial score (nSPS) is 11.9. The van der Waals surface area contributed by atoms with Gasteiger partial charge in [0.15, 0.2) is 0 Å². The molecular formula is C11H20O7. The van der Waals surface area contributed by atoms with Crippen LogP contribution >= 0.6 is 0 Å². The van der Waals surface area contributed by atoms with Crippen molar-refractivity contribution in [1.29, 1.82) is 0 Å². The molecule has 1 unspecified atom stereocenters. The fraction of sp³-hybridized carbons (Fsp3) is 0.818. The van der Waals surface area contributed by atoms with Gasteiger partial charge in [-0.1, -0.05) is 0 Å². The van der Waals surface area contributed by atoms with Gasteiger partial charge in [0.05, 0.1) is 13.2 Å². The lowest BCUT2D eigenvalue weighted by Gasteiger charge is -2.08. The van der Waals surface area contributed by atoms with Gasteiger partial charge in [-0.15, -0.1) is 0 Å². The van der Waals surface area contributed by atoms with Crippen molar-refractivity contribution in [1.82, 2.24) is 0 Å². The van der Waals surface area contributed by atoms with E-state index in [0.29, 0.717) is 12.8 Å². The Labute approximate surface area is 105 Å².